The maximum atomic E-state index is 14.8. The van der Waals surface area contributed by atoms with Gasteiger partial charge in [-0.25, -0.2) is 18.4 Å². The number of amides is 3. The molecule has 1 aliphatic rings. The molecular formula is C28H33ClF2N6O3. The zero-order valence-electron chi connectivity index (χ0n) is 22.4. The van der Waals surface area contributed by atoms with E-state index in [4.69, 9.17) is 17.3 Å². The van der Waals surface area contributed by atoms with E-state index in [0.717, 1.165) is 23.6 Å². The van der Waals surface area contributed by atoms with Crippen molar-refractivity contribution in [3.63, 3.8) is 0 Å². The van der Waals surface area contributed by atoms with Crippen LogP contribution in [-0.4, -0.2) is 78.2 Å². The SMILES string of the molecule is CN(C)CCNCc1cc(Cl)c(F)c(CCC(=O)[C@@H]2C[C@@H](F)CN2C(=O)Nc2cn(C(N)=O)c3ccccc23)c1. The van der Waals surface area contributed by atoms with Crippen molar-refractivity contribution in [2.75, 3.05) is 39.0 Å². The molecule has 0 unspecified atom stereocenters. The van der Waals surface area contributed by atoms with Crippen LogP contribution in [0, 0.1) is 5.82 Å². The highest BCUT2D eigenvalue weighted by Crippen LogP contribution is 2.29. The molecule has 9 nitrogen and oxygen atoms in total. The second kappa shape index (κ2) is 12.8. The maximum Gasteiger partial charge on any atom is 0.323 e. The molecule has 3 aromatic rings. The van der Waals surface area contributed by atoms with Crippen LogP contribution >= 0.6 is 11.6 Å². The lowest BCUT2D eigenvalue weighted by atomic mass is 10.00. The highest BCUT2D eigenvalue weighted by molar-refractivity contribution is 6.30. The lowest BCUT2D eigenvalue weighted by molar-refractivity contribution is -0.122. The fourth-order valence-corrected chi connectivity index (χ4v) is 5.18. The van der Waals surface area contributed by atoms with Crippen molar-refractivity contribution in [1.29, 1.82) is 0 Å². The Kier molecular flexibility index (Phi) is 9.39. The minimum absolute atomic E-state index is 0.0322. The lowest BCUT2D eigenvalue weighted by Crippen LogP contribution is -2.43. The number of aromatic nitrogens is 1. The van der Waals surface area contributed by atoms with Crippen molar-refractivity contribution >= 4 is 46.0 Å². The highest BCUT2D eigenvalue weighted by atomic mass is 35.5. The number of nitrogens with one attached hydrogen (secondary N) is 2. The third-order valence-electron chi connectivity index (χ3n) is 6.94. The van der Waals surface area contributed by atoms with Gasteiger partial charge >= 0.3 is 12.1 Å². The molecule has 2 aromatic carbocycles. The first kappa shape index (κ1) is 29.4. The summed E-state index contributed by atoms with van der Waals surface area (Å²) in [5.74, 6) is -0.971. The summed E-state index contributed by atoms with van der Waals surface area (Å²) in [7, 11) is 3.93. The Bertz CT molecular complexity index is 1410. The van der Waals surface area contributed by atoms with Crippen LogP contribution in [0.4, 0.5) is 24.1 Å². The molecule has 2 heterocycles. The highest BCUT2D eigenvalue weighted by Gasteiger charge is 2.39. The summed E-state index contributed by atoms with van der Waals surface area (Å²) in [6.45, 7) is 1.80. The summed E-state index contributed by atoms with van der Waals surface area (Å²) in [5, 5.41) is 6.49. The minimum Gasteiger partial charge on any atom is -0.351 e. The molecule has 0 spiro atoms. The van der Waals surface area contributed by atoms with Gasteiger partial charge in [0.2, 0.25) is 0 Å². The molecule has 4 rings (SSSR count). The monoisotopic (exact) mass is 574 g/mol. The summed E-state index contributed by atoms with van der Waals surface area (Å²) in [6.07, 6.45) is -0.166. The Morgan fingerprint density at radius 1 is 1.20 bits per heavy atom. The third kappa shape index (κ3) is 6.78. The number of hydrogen-bond acceptors (Lipinski definition) is 5. The summed E-state index contributed by atoms with van der Waals surface area (Å²) >= 11 is 6.11. The van der Waals surface area contributed by atoms with Crippen LogP contribution in [0.1, 0.15) is 24.0 Å². The Hall–Kier alpha value is -3.54. The van der Waals surface area contributed by atoms with E-state index in [1.807, 2.05) is 19.0 Å². The van der Waals surface area contributed by atoms with E-state index in [2.05, 4.69) is 10.6 Å². The predicted octanol–water partition coefficient (Wildman–Crippen LogP) is 4.16. The molecule has 0 saturated carbocycles. The molecule has 1 aliphatic heterocycles. The van der Waals surface area contributed by atoms with Gasteiger partial charge in [0.05, 0.1) is 28.8 Å². The minimum atomic E-state index is -1.38. The number of likely N-dealkylation sites (tertiary alicyclic amines) is 1. The fourth-order valence-electron chi connectivity index (χ4n) is 4.92. The first-order chi connectivity index (χ1) is 19.0. The molecule has 0 radical (unpaired) electrons. The second-order valence-electron chi connectivity index (χ2n) is 10.2. The molecule has 1 saturated heterocycles. The van der Waals surface area contributed by atoms with Crippen LogP contribution in [0.2, 0.25) is 5.02 Å². The Labute approximate surface area is 236 Å². The third-order valence-corrected chi connectivity index (χ3v) is 7.22. The number of Topliss-reactive ketones (excluding diaryl/α,β-unsaturated/α-hetero) is 1. The van der Waals surface area contributed by atoms with E-state index in [0.29, 0.717) is 23.1 Å². The number of carbonyl (C=O) groups is 3. The number of nitrogens with zero attached hydrogens (tertiary/aromatic N) is 3. The summed E-state index contributed by atoms with van der Waals surface area (Å²) in [4.78, 5) is 41.3. The van der Waals surface area contributed by atoms with Crippen molar-refractivity contribution in [2.24, 2.45) is 5.73 Å². The number of aryl methyl sites for hydroxylation is 1. The van der Waals surface area contributed by atoms with Crippen molar-refractivity contribution in [1.82, 2.24) is 19.7 Å². The van der Waals surface area contributed by atoms with Crippen LogP contribution in [0.3, 0.4) is 0 Å². The van der Waals surface area contributed by atoms with E-state index in [9.17, 15) is 23.2 Å². The van der Waals surface area contributed by atoms with Gasteiger partial charge in [0.1, 0.15) is 12.0 Å². The van der Waals surface area contributed by atoms with Crippen molar-refractivity contribution in [2.45, 2.75) is 38.0 Å². The Balaban J connectivity index is 1.43. The van der Waals surface area contributed by atoms with Gasteiger partial charge in [-0.05, 0) is 43.8 Å². The normalized spacial score (nSPS) is 17.1. The fraction of sp³-hybridized carbons (Fsp3) is 0.393. The molecule has 0 bridgehead atoms. The molecule has 1 aromatic heterocycles. The van der Waals surface area contributed by atoms with Gasteiger partial charge in [-0.1, -0.05) is 35.9 Å². The molecule has 3 amide bonds. The standard InChI is InChI=1S/C28H33ClF2N6O3/c1-35(2)10-9-33-14-17-11-18(26(31)21(29)12-17)7-8-25(38)24-13-19(30)15-37(24)28(40)34-22-16-36(27(32)39)23-6-4-3-5-20(22)23/h3-6,11-12,16,19,24,33H,7-10,13-15H2,1-2H3,(H2,32,39)(H,34,40)/t19-,24+/m1/s1. The maximum absolute atomic E-state index is 14.8. The summed E-state index contributed by atoms with van der Waals surface area (Å²) in [5.41, 5.74) is 7.32. The number of halogens is 3. The van der Waals surface area contributed by atoms with Crippen LogP contribution in [0.15, 0.2) is 42.6 Å². The first-order valence-corrected chi connectivity index (χ1v) is 13.4. The average molecular weight is 575 g/mol. The van der Waals surface area contributed by atoms with E-state index < -0.39 is 30.1 Å². The number of likely N-dealkylation sites (N-methyl/N-ethyl adjacent to an activating group) is 1. The molecule has 214 valence electrons. The quantitative estimate of drug-likeness (QED) is 0.315. The van der Waals surface area contributed by atoms with Gasteiger partial charge in [0.15, 0.2) is 5.78 Å². The largest absolute Gasteiger partial charge is 0.351 e. The molecule has 40 heavy (non-hydrogen) atoms. The van der Waals surface area contributed by atoms with Gasteiger partial charge in [-0.15, -0.1) is 0 Å². The number of hydrogen-bond donors (Lipinski definition) is 3. The van der Waals surface area contributed by atoms with Crippen LogP contribution in [0.25, 0.3) is 10.9 Å². The number of rotatable bonds is 10. The van der Waals surface area contributed by atoms with Gasteiger partial charge in [-0.2, -0.15) is 0 Å². The van der Waals surface area contributed by atoms with Crippen molar-refractivity contribution in [3.05, 3.63) is 64.6 Å². The summed E-state index contributed by atoms with van der Waals surface area (Å²) in [6, 6.07) is 7.67. The zero-order chi connectivity index (χ0) is 29.0. The number of primary amides is 1. The number of para-hydroxylation sites is 1. The van der Waals surface area contributed by atoms with Crippen LogP contribution in [0.5, 0.6) is 0 Å². The average Bonchev–Trinajstić information content (AvgIpc) is 3.48. The lowest BCUT2D eigenvalue weighted by Gasteiger charge is -2.23. The first-order valence-electron chi connectivity index (χ1n) is 13.0. The number of urea groups is 1. The van der Waals surface area contributed by atoms with E-state index in [1.165, 1.54) is 10.8 Å². The van der Waals surface area contributed by atoms with Gasteiger partial charge in [0.25, 0.3) is 0 Å². The number of carbonyl (C=O) groups excluding carboxylic acids is 3. The number of alkyl halides is 1. The van der Waals surface area contributed by atoms with Crippen LogP contribution in [-0.2, 0) is 17.8 Å². The number of fused-ring (bicyclic) bond motifs is 1. The predicted molar refractivity (Wildman–Crippen MR) is 151 cm³/mol. The van der Waals surface area contributed by atoms with Gasteiger partial charge < -0.3 is 26.2 Å². The van der Waals surface area contributed by atoms with Gasteiger partial charge in [0, 0.05) is 44.1 Å². The molecular weight excluding hydrogens is 542 g/mol. The Morgan fingerprint density at radius 2 is 1.95 bits per heavy atom. The molecule has 2 atom stereocenters. The van der Waals surface area contributed by atoms with E-state index in [-0.39, 0.29) is 42.2 Å². The van der Waals surface area contributed by atoms with Crippen molar-refractivity contribution < 1.29 is 23.2 Å². The Morgan fingerprint density at radius 3 is 2.67 bits per heavy atom. The molecule has 0 aliphatic carbocycles. The number of ketones is 1. The zero-order valence-corrected chi connectivity index (χ0v) is 23.2. The number of nitrogens with two attached hydrogens (primary N) is 1. The molecule has 1 fully saturated rings. The van der Waals surface area contributed by atoms with E-state index in [1.54, 1.807) is 36.4 Å². The molecule has 4 N–H and O–H groups in total. The van der Waals surface area contributed by atoms with Gasteiger partial charge in [-0.3, -0.25) is 9.36 Å². The molecule has 12 heteroatoms. The van der Waals surface area contributed by atoms with Crippen LogP contribution < -0.4 is 16.4 Å². The number of benzene rings is 2. The second-order valence-corrected chi connectivity index (χ2v) is 10.6. The smallest absolute Gasteiger partial charge is 0.323 e. The number of anilines is 1. The van der Waals surface area contributed by atoms with E-state index >= 15 is 0 Å². The summed E-state index contributed by atoms with van der Waals surface area (Å²) < 4.78 is 30.4. The topological polar surface area (TPSA) is 113 Å². The van der Waals surface area contributed by atoms with Crippen molar-refractivity contribution in [3.8, 4) is 0 Å².